The minimum Gasteiger partial charge on any atom is -0.373 e. The fraction of sp³-hybridized carbons (Fsp3) is 0.615. The zero-order valence-corrected chi connectivity index (χ0v) is 11.3. The molecule has 18 heavy (non-hydrogen) atoms. The van der Waals surface area contributed by atoms with Crippen LogP contribution in [-0.4, -0.2) is 21.5 Å². The van der Waals surface area contributed by atoms with Crippen molar-refractivity contribution in [1.82, 2.24) is 9.38 Å². The lowest BCUT2D eigenvalue weighted by molar-refractivity contribution is 0.0560. The quantitative estimate of drug-likeness (QED) is 0.924. The first-order valence-corrected chi connectivity index (χ1v) is 7.41. The van der Waals surface area contributed by atoms with Crippen LogP contribution in [0, 0.1) is 0 Å². The van der Waals surface area contributed by atoms with Crippen molar-refractivity contribution in [1.29, 1.82) is 0 Å². The van der Waals surface area contributed by atoms with E-state index in [1.165, 1.54) is 19.3 Å². The van der Waals surface area contributed by atoms with Crippen LogP contribution in [0.5, 0.6) is 0 Å². The van der Waals surface area contributed by atoms with Crippen LogP contribution in [0.25, 0.3) is 4.96 Å². The van der Waals surface area contributed by atoms with Gasteiger partial charge in [0.15, 0.2) is 4.96 Å². The molecule has 98 valence electrons. The van der Waals surface area contributed by atoms with E-state index in [1.807, 2.05) is 22.2 Å². The first-order valence-electron chi connectivity index (χ1n) is 6.53. The van der Waals surface area contributed by atoms with Crippen molar-refractivity contribution in [3.8, 4) is 0 Å². The lowest BCUT2D eigenvalue weighted by atomic mass is 9.83. The molecule has 0 aliphatic heterocycles. The van der Waals surface area contributed by atoms with Crippen LogP contribution in [0.2, 0.25) is 0 Å². The van der Waals surface area contributed by atoms with Gasteiger partial charge in [-0.15, -0.1) is 11.3 Å². The van der Waals surface area contributed by atoms with Crippen LogP contribution in [-0.2, 0) is 11.3 Å². The second-order valence-corrected chi connectivity index (χ2v) is 6.11. The van der Waals surface area contributed by atoms with Crippen LogP contribution in [0.4, 0.5) is 0 Å². The summed E-state index contributed by atoms with van der Waals surface area (Å²) in [5.41, 5.74) is 7.22. The summed E-state index contributed by atoms with van der Waals surface area (Å²) in [6.45, 7) is 1.21. The van der Waals surface area contributed by atoms with Gasteiger partial charge < -0.3 is 10.5 Å². The molecule has 1 fully saturated rings. The van der Waals surface area contributed by atoms with E-state index in [1.54, 1.807) is 11.3 Å². The van der Waals surface area contributed by atoms with Gasteiger partial charge in [0.2, 0.25) is 0 Å². The monoisotopic (exact) mass is 265 g/mol. The van der Waals surface area contributed by atoms with Gasteiger partial charge in [0.25, 0.3) is 0 Å². The second-order valence-electron chi connectivity index (χ2n) is 5.24. The average Bonchev–Trinajstić information content (AvgIpc) is 2.90. The van der Waals surface area contributed by atoms with Crippen LogP contribution in [0.1, 0.15) is 37.8 Å². The van der Waals surface area contributed by atoms with Crippen LogP contribution in [0.15, 0.2) is 17.8 Å². The van der Waals surface area contributed by atoms with E-state index in [0.717, 1.165) is 23.5 Å². The van der Waals surface area contributed by atoms with Crippen LogP contribution in [0.3, 0.4) is 0 Å². The van der Waals surface area contributed by atoms with E-state index >= 15 is 0 Å². The SMILES string of the molecule is NC1(COCc2cn3ccsc3n2)CCCCC1. The van der Waals surface area contributed by atoms with E-state index in [0.29, 0.717) is 13.2 Å². The van der Waals surface area contributed by atoms with E-state index in [9.17, 15) is 0 Å². The Hall–Kier alpha value is -0.910. The number of hydrogen-bond acceptors (Lipinski definition) is 4. The fourth-order valence-corrected chi connectivity index (χ4v) is 3.32. The molecule has 5 heteroatoms. The summed E-state index contributed by atoms with van der Waals surface area (Å²) in [7, 11) is 0. The molecule has 2 N–H and O–H groups in total. The predicted molar refractivity (Wildman–Crippen MR) is 72.7 cm³/mol. The van der Waals surface area contributed by atoms with E-state index in [2.05, 4.69) is 4.98 Å². The highest BCUT2D eigenvalue weighted by molar-refractivity contribution is 7.15. The molecule has 1 aliphatic rings. The zero-order valence-electron chi connectivity index (χ0n) is 10.5. The Labute approximate surface area is 111 Å². The Morgan fingerprint density at radius 3 is 3.00 bits per heavy atom. The van der Waals surface area contributed by atoms with Crippen molar-refractivity contribution in [2.45, 2.75) is 44.2 Å². The lowest BCUT2D eigenvalue weighted by Gasteiger charge is -2.32. The highest BCUT2D eigenvalue weighted by Crippen LogP contribution is 2.26. The number of nitrogens with two attached hydrogens (primary N) is 1. The smallest absolute Gasteiger partial charge is 0.193 e. The van der Waals surface area contributed by atoms with Crippen molar-refractivity contribution in [2.75, 3.05) is 6.61 Å². The maximum absolute atomic E-state index is 6.33. The molecule has 0 radical (unpaired) electrons. The molecule has 4 nitrogen and oxygen atoms in total. The van der Waals surface area contributed by atoms with Gasteiger partial charge in [0.05, 0.1) is 18.9 Å². The number of aromatic nitrogens is 2. The highest BCUT2D eigenvalue weighted by atomic mass is 32.1. The average molecular weight is 265 g/mol. The molecule has 2 aromatic heterocycles. The van der Waals surface area contributed by atoms with Crippen molar-refractivity contribution >= 4 is 16.3 Å². The van der Waals surface area contributed by atoms with Gasteiger partial charge in [-0.05, 0) is 12.8 Å². The van der Waals surface area contributed by atoms with Crippen LogP contribution < -0.4 is 5.73 Å². The first kappa shape index (κ1) is 12.1. The van der Waals surface area contributed by atoms with E-state index in [4.69, 9.17) is 10.5 Å². The summed E-state index contributed by atoms with van der Waals surface area (Å²) >= 11 is 1.64. The molecule has 1 saturated carbocycles. The number of hydrogen-bond donors (Lipinski definition) is 1. The highest BCUT2D eigenvalue weighted by Gasteiger charge is 2.27. The number of imidazole rings is 1. The molecule has 0 atom stereocenters. The molecule has 3 rings (SSSR count). The Morgan fingerprint density at radius 1 is 1.39 bits per heavy atom. The summed E-state index contributed by atoms with van der Waals surface area (Å²) in [6, 6.07) is 0. The maximum Gasteiger partial charge on any atom is 0.193 e. The second kappa shape index (κ2) is 4.99. The molecule has 2 heterocycles. The van der Waals surface area contributed by atoms with Crippen molar-refractivity contribution < 1.29 is 4.74 Å². The van der Waals surface area contributed by atoms with Gasteiger partial charge in [0.1, 0.15) is 0 Å². The maximum atomic E-state index is 6.33. The topological polar surface area (TPSA) is 52.5 Å². The number of ether oxygens (including phenoxy) is 1. The Kier molecular flexibility index (Phi) is 3.37. The van der Waals surface area contributed by atoms with Gasteiger partial charge >= 0.3 is 0 Å². The molecule has 0 aromatic carbocycles. The molecule has 0 spiro atoms. The third-order valence-corrected chi connectivity index (χ3v) is 4.40. The number of fused-ring (bicyclic) bond motifs is 1. The Morgan fingerprint density at radius 2 is 2.22 bits per heavy atom. The Bertz CT molecular complexity index is 485. The normalized spacial score (nSPS) is 19.4. The molecule has 0 saturated heterocycles. The molecule has 0 bridgehead atoms. The molecular weight excluding hydrogens is 246 g/mol. The largest absolute Gasteiger partial charge is 0.373 e. The number of nitrogens with zero attached hydrogens (tertiary/aromatic N) is 2. The molecule has 0 amide bonds. The number of rotatable bonds is 4. The summed E-state index contributed by atoms with van der Waals surface area (Å²) in [5, 5.41) is 2.03. The first-order chi connectivity index (χ1) is 8.75. The van der Waals surface area contributed by atoms with Crippen molar-refractivity contribution in [3.63, 3.8) is 0 Å². The number of thiazole rings is 1. The van der Waals surface area contributed by atoms with E-state index < -0.39 is 0 Å². The summed E-state index contributed by atoms with van der Waals surface area (Å²) in [6.07, 6.45) is 10.0. The molecule has 0 unspecified atom stereocenters. The summed E-state index contributed by atoms with van der Waals surface area (Å²) < 4.78 is 7.79. The van der Waals surface area contributed by atoms with E-state index in [-0.39, 0.29) is 5.54 Å². The minimum atomic E-state index is -0.102. The van der Waals surface area contributed by atoms with Gasteiger partial charge in [-0.25, -0.2) is 4.98 Å². The lowest BCUT2D eigenvalue weighted by Crippen LogP contribution is -2.46. The van der Waals surface area contributed by atoms with Gasteiger partial charge in [0, 0.05) is 23.3 Å². The molecule has 2 aromatic rings. The summed E-state index contributed by atoms with van der Waals surface area (Å²) in [5.74, 6) is 0. The standard InChI is InChI=1S/C13H19N3OS/c14-13(4-2-1-3-5-13)10-17-9-11-8-16-6-7-18-12(16)15-11/h6-8H,1-5,9-10,14H2. The Balaban J connectivity index is 1.53. The van der Waals surface area contributed by atoms with Crippen molar-refractivity contribution in [2.24, 2.45) is 5.73 Å². The minimum absolute atomic E-state index is 0.102. The molecule has 1 aliphatic carbocycles. The van der Waals surface area contributed by atoms with Gasteiger partial charge in [-0.2, -0.15) is 0 Å². The van der Waals surface area contributed by atoms with Crippen LogP contribution >= 0.6 is 11.3 Å². The van der Waals surface area contributed by atoms with Gasteiger partial charge in [-0.3, -0.25) is 4.40 Å². The van der Waals surface area contributed by atoms with Gasteiger partial charge in [-0.1, -0.05) is 19.3 Å². The van der Waals surface area contributed by atoms with Crippen molar-refractivity contribution in [3.05, 3.63) is 23.5 Å². The third kappa shape index (κ3) is 2.58. The predicted octanol–water partition coefficient (Wildman–Crippen LogP) is 2.57. The molecular formula is C13H19N3OS. The summed E-state index contributed by atoms with van der Waals surface area (Å²) in [4.78, 5) is 5.52. The fourth-order valence-electron chi connectivity index (χ4n) is 2.60. The zero-order chi connectivity index (χ0) is 12.4. The third-order valence-electron chi connectivity index (χ3n) is 3.63.